The SMILES string of the molecule is O=C(OC1O[C@H](CO)[C@@H](O)[C@H]1O)OC1O[C@H](CO)[C@@H](O)[C@H]1O. The average Bonchev–Trinajstić information content (AvgIpc) is 2.92. The third-order valence-electron chi connectivity index (χ3n) is 3.42. The topological polar surface area (TPSA) is 175 Å². The summed E-state index contributed by atoms with van der Waals surface area (Å²) in [5, 5.41) is 55.9. The number of carbonyl (C=O) groups excluding carboxylic acids is 1. The Morgan fingerprint density at radius 2 is 1.14 bits per heavy atom. The molecule has 0 radical (unpaired) electrons. The first-order valence-electron chi connectivity index (χ1n) is 6.51. The van der Waals surface area contributed by atoms with Crippen molar-refractivity contribution in [1.29, 1.82) is 0 Å². The molecule has 128 valence electrons. The van der Waals surface area contributed by atoms with Crippen molar-refractivity contribution < 1.29 is 54.4 Å². The van der Waals surface area contributed by atoms with Crippen molar-refractivity contribution in [1.82, 2.24) is 0 Å². The normalized spacial score (nSPS) is 45.0. The van der Waals surface area contributed by atoms with Gasteiger partial charge in [0.1, 0.15) is 36.6 Å². The van der Waals surface area contributed by atoms with E-state index in [0.717, 1.165) is 0 Å². The number of ether oxygens (including phenoxy) is 4. The van der Waals surface area contributed by atoms with E-state index >= 15 is 0 Å². The molecule has 2 fully saturated rings. The highest BCUT2D eigenvalue weighted by Gasteiger charge is 2.47. The highest BCUT2D eigenvalue weighted by Crippen LogP contribution is 2.25. The van der Waals surface area contributed by atoms with E-state index in [1.54, 1.807) is 0 Å². The Bertz CT molecular complexity index is 356. The summed E-state index contributed by atoms with van der Waals surface area (Å²) in [5.74, 6) is 0. The average molecular weight is 326 g/mol. The van der Waals surface area contributed by atoms with Gasteiger partial charge in [-0.25, -0.2) is 4.79 Å². The first kappa shape index (κ1) is 17.3. The summed E-state index contributed by atoms with van der Waals surface area (Å²) in [6.07, 6.45) is -12.9. The smallest absolute Gasteiger partial charge is 0.401 e. The summed E-state index contributed by atoms with van der Waals surface area (Å²) < 4.78 is 19.0. The molecule has 22 heavy (non-hydrogen) atoms. The van der Waals surface area contributed by atoms with Crippen molar-refractivity contribution in [2.45, 2.75) is 49.2 Å². The Morgan fingerprint density at radius 3 is 1.41 bits per heavy atom. The van der Waals surface area contributed by atoms with Crippen LogP contribution in [0.3, 0.4) is 0 Å². The lowest BCUT2D eigenvalue weighted by molar-refractivity contribution is -0.187. The van der Waals surface area contributed by atoms with E-state index in [1.165, 1.54) is 0 Å². The van der Waals surface area contributed by atoms with Crippen LogP contribution >= 0.6 is 0 Å². The van der Waals surface area contributed by atoms with E-state index in [-0.39, 0.29) is 0 Å². The quantitative estimate of drug-likeness (QED) is 0.278. The van der Waals surface area contributed by atoms with Gasteiger partial charge in [0.25, 0.3) is 0 Å². The molecule has 0 spiro atoms. The second-order valence-corrected chi connectivity index (χ2v) is 4.90. The van der Waals surface area contributed by atoms with Crippen LogP contribution in [-0.2, 0) is 18.9 Å². The van der Waals surface area contributed by atoms with Crippen molar-refractivity contribution in [2.24, 2.45) is 0 Å². The van der Waals surface area contributed by atoms with Gasteiger partial charge in [-0.3, -0.25) is 0 Å². The summed E-state index contributed by atoms with van der Waals surface area (Å²) in [6.45, 7) is -1.19. The molecule has 0 amide bonds. The first-order valence-corrected chi connectivity index (χ1v) is 6.51. The van der Waals surface area contributed by atoms with Crippen LogP contribution in [0.15, 0.2) is 0 Å². The number of hydrogen-bond donors (Lipinski definition) is 6. The Morgan fingerprint density at radius 1 is 0.773 bits per heavy atom. The van der Waals surface area contributed by atoms with Crippen molar-refractivity contribution >= 4 is 6.16 Å². The van der Waals surface area contributed by atoms with E-state index in [0.29, 0.717) is 0 Å². The molecule has 11 nitrogen and oxygen atoms in total. The molecule has 2 rings (SSSR count). The van der Waals surface area contributed by atoms with Crippen LogP contribution in [-0.4, -0.2) is 99.2 Å². The van der Waals surface area contributed by atoms with E-state index in [4.69, 9.17) is 19.7 Å². The minimum Gasteiger partial charge on any atom is -0.401 e. The zero-order valence-corrected chi connectivity index (χ0v) is 11.3. The van der Waals surface area contributed by atoms with Gasteiger partial charge in [0, 0.05) is 0 Å². The van der Waals surface area contributed by atoms with Crippen LogP contribution in [0, 0.1) is 0 Å². The lowest BCUT2D eigenvalue weighted by Crippen LogP contribution is -2.38. The molecule has 11 heteroatoms. The lowest BCUT2D eigenvalue weighted by Gasteiger charge is -2.18. The predicted molar refractivity (Wildman–Crippen MR) is 63.1 cm³/mol. The van der Waals surface area contributed by atoms with Crippen LogP contribution in [0.1, 0.15) is 0 Å². The standard InChI is InChI=1S/C11H18O11/c12-1-3-5(14)7(16)9(19-3)21-11(18)22-10-8(17)6(15)4(2-13)20-10/h3-10,12-17H,1-2H2/t3-,4-,5-,6-,7-,8-,9?,10?/m1/s1. The zero-order valence-electron chi connectivity index (χ0n) is 11.3. The largest absolute Gasteiger partial charge is 0.513 e. The summed E-state index contributed by atoms with van der Waals surface area (Å²) in [6, 6.07) is 0. The van der Waals surface area contributed by atoms with E-state index < -0.39 is 68.6 Å². The first-order chi connectivity index (χ1) is 10.4. The van der Waals surface area contributed by atoms with Gasteiger partial charge in [0.2, 0.25) is 12.6 Å². The Balaban J connectivity index is 1.86. The summed E-state index contributed by atoms with van der Waals surface area (Å²) in [5.41, 5.74) is 0. The number of carbonyl (C=O) groups is 1. The van der Waals surface area contributed by atoms with Crippen molar-refractivity contribution in [2.75, 3.05) is 13.2 Å². The molecule has 0 aromatic carbocycles. The molecular weight excluding hydrogens is 308 g/mol. The van der Waals surface area contributed by atoms with Crippen molar-refractivity contribution in [3.05, 3.63) is 0 Å². The molecule has 8 atom stereocenters. The molecule has 2 aliphatic rings. The number of hydrogen-bond acceptors (Lipinski definition) is 11. The van der Waals surface area contributed by atoms with Crippen LogP contribution in [0.2, 0.25) is 0 Å². The highest BCUT2D eigenvalue weighted by molar-refractivity contribution is 5.60. The zero-order chi connectivity index (χ0) is 16.4. The highest BCUT2D eigenvalue weighted by atomic mass is 16.8. The third-order valence-corrected chi connectivity index (χ3v) is 3.42. The Kier molecular flexibility index (Phi) is 5.52. The molecule has 2 aliphatic heterocycles. The molecule has 0 aliphatic carbocycles. The minimum atomic E-state index is -1.59. The van der Waals surface area contributed by atoms with Crippen molar-refractivity contribution in [3.8, 4) is 0 Å². The summed E-state index contributed by atoms with van der Waals surface area (Å²) >= 11 is 0. The van der Waals surface area contributed by atoms with Gasteiger partial charge in [-0.1, -0.05) is 0 Å². The lowest BCUT2D eigenvalue weighted by atomic mass is 10.1. The molecule has 0 aromatic rings. The molecule has 0 bridgehead atoms. The van der Waals surface area contributed by atoms with E-state index in [2.05, 4.69) is 9.47 Å². The molecular formula is C11H18O11. The fourth-order valence-electron chi connectivity index (χ4n) is 2.14. The summed E-state index contributed by atoms with van der Waals surface area (Å²) in [4.78, 5) is 11.5. The minimum absolute atomic E-state index is 0.595. The van der Waals surface area contributed by atoms with Gasteiger partial charge in [-0.05, 0) is 0 Å². The monoisotopic (exact) mass is 326 g/mol. The van der Waals surface area contributed by atoms with Gasteiger partial charge in [0.05, 0.1) is 13.2 Å². The summed E-state index contributed by atoms with van der Waals surface area (Å²) in [7, 11) is 0. The van der Waals surface area contributed by atoms with Crippen LogP contribution in [0.4, 0.5) is 4.79 Å². The second-order valence-electron chi connectivity index (χ2n) is 4.90. The molecule has 2 saturated heterocycles. The van der Waals surface area contributed by atoms with Gasteiger partial charge in [-0.15, -0.1) is 0 Å². The van der Waals surface area contributed by atoms with Gasteiger partial charge in [0.15, 0.2) is 0 Å². The number of aliphatic hydroxyl groups excluding tert-OH is 6. The van der Waals surface area contributed by atoms with Gasteiger partial charge < -0.3 is 49.6 Å². The van der Waals surface area contributed by atoms with Crippen molar-refractivity contribution in [3.63, 3.8) is 0 Å². The van der Waals surface area contributed by atoms with Crippen LogP contribution in [0.5, 0.6) is 0 Å². The molecule has 0 aromatic heterocycles. The Hall–Kier alpha value is -1.05. The maximum absolute atomic E-state index is 11.5. The maximum atomic E-state index is 11.5. The fourth-order valence-corrected chi connectivity index (χ4v) is 2.14. The molecule has 0 saturated carbocycles. The second kappa shape index (κ2) is 7.02. The van der Waals surface area contributed by atoms with Gasteiger partial charge >= 0.3 is 6.16 Å². The van der Waals surface area contributed by atoms with Gasteiger partial charge in [-0.2, -0.15) is 0 Å². The van der Waals surface area contributed by atoms with E-state index in [9.17, 15) is 25.2 Å². The van der Waals surface area contributed by atoms with E-state index in [1.807, 2.05) is 0 Å². The maximum Gasteiger partial charge on any atom is 0.513 e. The van der Waals surface area contributed by atoms with Crippen LogP contribution < -0.4 is 0 Å². The number of rotatable bonds is 4. The Labute approximate surface area is 124 Å². The predicted octanol–water partition coefficient (Wildman–Crippen LogP) is -3.98. The molecule has 2 unspecified atom stereocenters. The van der Waals surface area contributed by atoms with Crippen LogP contribution in [0.25, 0.3) is 0 Å². The molecule has 2 heterocycles. The molecule has 6 N–H and O–H groups in total. The number of aliphatic hydroxyl groups is 6. The fraction of sp³-hybridized carbons (Fsp3) is 0.909. The third kappa shape index (κ3) is 3.31.